The Balaban J connectivity index is 2.09. The average Bonchev–Trinajstić information content (AvgIpc) is 2.45. The summed E-state index contributed by atoms with van der Waals surface area (Å²) in [4.78, 5) is 10.3. The van der Waals surface area contributed by atoms with E-state index in [0.717, 1.165) is 6.29 Å². The minimum atomic E-state index is 0.198. The van der Waals surface area contributed by atoms with E-state index < -0.39 is 0 Å². The lowest BCUT2D eigenvalue weighted by molar-refractivity contribution is -0.110. The Bertz CT molecular complexity index is 135. The molecular formula is C7H11NO. The zero-order chi connectivity index (χ0) is 6.27. The molecule has 2 heteroatoms. The first kappa shape index (κ1) is 5.42. The summed E-state index contributed by atoms with van der Waals surface area (Å²) in [5, 5.41) is 3.27. The maximum atomic E-state index is 10.3. The molecule has 1 N–H and O–H groups in total. The third-order valence-corrected chi connectivity index (χ3v) is 2.56. The summed E-state index contributed by atoms with van der Waals surface area (Å²) in [5.74, 6) is 0.674. The number of carbonyl (C=O) groups excluding carboxylic acids is 1. The molecule has 0 spiro atoms. The van der Waals surface area contributed by atoms with Crippen molar-refractivity contribution >= 4 is 6.29 Å². The molecule has 2 fully saturated rings. The van der Waals surface area contributed by atoms with E-state index >= 15 is 0 Å². The molecule has 0 aromatic heterocycles. The molecule has 0 aromatic carbocycles. The standard InChI is InChI=1S/C7H11NO/c9-4-7-5-1-2-6(3-5)8-7/h4-8H,1-3H2/t5?,6?,7-/m1/s1. The minimum Gasteiger partial charge on any atom is -0.305 e. The van der Waals surface area contributed by atoms with Crippen LogP contribution in [0, 0.1) is 5.92 Å². The van der Waals surface area contributed by atoms with Gasteiger partial charge in [-0.25, -0.2) is 0 Å². The molecule has 1 heterocycles. The molecule has 50 valence electrons. The zero-order valence-electron chi connectivity index (χ0n) is 5.34. The number of hydrogen-bond donors (Lipinski definition) is 1. The molecule has 0 aromatic rings. The molecule has 2 rings (SSSR count). The molecule has 0 radical (unpaired) electrons. The Labute approximate surface area is 54.6 Å². The molecule has 1 aliphatic heterocycles. The van der Waals surface area contributed by atoms with Crippen LogP contribution in [0.4, 0.5) is 0 Å². The molecule has 0 amide bonds. The first-order valence-corrected chi connectivity index (χ1v) is 3.61. The van der Waals surface area contributed by atoms with Crippen LogP contribution >= 0.6 is 0 Å². The van der Waals surface area contributed by atoms with Crippen molar-refractivity contribution in [3.63, 3.8) is 0 Å². The van der Waals surface area contributed by atoms with E-state index in [0.29, 0.717) is 12.0 Å². The second-order valence-electron chi connectivity index (χ2n) is 3.10. The topological polar surface area (TPSA) is 29.1 Å². The number of hydrogen-bond acceptors (Lipinski definition) is 2. The van der Waals surface area contributed by atoms with Crippen molar-refractivity contribution in [3.8, 4) is 0 Å². The van der Waals surface area contributed by atoms with Gasteiger partial charge in [-0.3, -0.25) is 0 Å². The highest BCUT2D eigenvalue weighted by Gasteiger charge is 2.38. The molecule has 1 saturated carbocycles. The van der Waals surface area contributed by atoms with E-state index in [4.69, 9.17) is 0 Å². The summed E-state index contributed by atoms with van der Waals surface area (Å²) in [6, 6.07) is 0.869. The average molecular weight is 125 g/mol. The fourth-order valence-corrected chi connectivity index (χ4v) is 2.05. The Morgan fingerprint density at radius 3 is 2.67 bits per heavy atom. The van der Waals surface area contributed by atoms with Gasteiger partial charge in [-0.05, 0) is 25.2 Å². The van der Waals surface area contributed by atoms with Crippen LogP contribution in [0.3, 0.4) is 0 Å². The van der Waals surface area contributed by atoms with E-state index in [1.807, 2.05) is 0 Å². The van der Waals surface area contributed by atoms with Gasteiger partial charge in [0.25, 0.3) is 0 Å². The zero-order valence-corrected chi connectivity index (χ0v) is 5.34. The SMILES string of the molecule is O=C[C@H]1NC2CCC1C2. The van der Waals surface area contributed by atoms with E-state index in [-0.39, 0.29) is 6.04 Å². The van der Waals surface area contributed by atoms with Gasteiger partial charge in [0.2, 0.25) is 0 Å². The second kappa shape index (κ2) is 1.81. The van der Waals surface area contributed by atoms with Gasteiger partial charge in [0.1, 0.15) is 6.29 Å². The van der Waals surface area contributed by atoms with Crippen molar-refractivity contribution in [2.24, 2.45) is 5.92 Å². The fraction of sp³-hybridized carbons (Fsp3) is 0.857. The summed E-state index contributed by atoms with van der Waals surface area (Å²) in [5.41, 5.74) is 0. The molecule has 2 unspecified atom stereocenters. The molecule has 9 heavy (non-hydrogen) atoms. The number of carbonyl (C=O) groups is 1. The summed E-state index contributed by atoms with van der Waals surface area (Å²) in [7, 11) is 0. The van der Waals surface area contributed by atoms with Gasteiger partial charge in [0, 0.05) is 6.04 Å². The van der Waals surface area contributed by atoms with Crippen molar-refractivity contribution < 1.29 is 4.79 Å². The lowest BCUT2D eigenvalue weighted by atomic mass is 10.0. The number of nitrogens with one attached hydrogen (secondary N) is 1. The van der Waals surface area contributed by atoms with Gasteiger partial charge in [-0.1, -0.05) is 0 Å². The molecule has 3 atom stereocenters. The van der Waals surface area contributed by atoms with E-state index in [1.54, 1.807) is 0 Å². The molecule has 2 bridgehead atoms. The van der Waals surface area contributed by atoms with Crippen LogP contribution in [0.1, 0.15) is 19.3 Å². The van der Waals surface area contributed by atoms with E-state index in [1.165, 1.54) is 19.3 Å². The summed E-state index contributed by atoms with van der Waals surface area (Å²) in [6.45, 7) is 0. The monoisotopic (exact) mass is 125 g/mol. The maximum Gasteiger partial charge on any atom is 0.137 e. The highest BCUT2D eigenvalue weighted by molar-refractivity contribution is 5.59. The predicted octanol–water partition coefficient (Wildman–Crippen LogP) is 0.326. The van der Waals surface area contributed by atoms with E-state index in [2.05, 4.69) is 5.32 Å². The summed E-state index contributed by atoms with van der Waals surface area (Å²) < 4.78 is 0. The van der Waals surface area contributed by atoms with Gasteiger partial charge in [0.15, 0.2) is 0 Å². The normalized spacial score (nSPS) is 47.8. The van der Waals surface area contributed by atoms with Crippen molar-refractivity contribution in [1.29, 1.82) is 0 Å². The van der Waals surface area contributed by atoms with Crippen LogP contribution < -0.4 is 5.32 Å². The first-order chi connectivity index (χ1) is 4.40. The quantitative estimate of drug-likeness (QED) is 0.511. The molecule has 1 aliphatic carbocycles. The van der Waals surface area contributed by atoms with Crippen LogP contribution in [0.15, 0.2) is 0 Å². The summed E-state index contributed by atoms with van der Waals surface area (Å²) >= 11 is 0. The van der Waals surface area contributed by atoms with Gasteiger partial charge in [-0.2, -0.15) is 0 Å². The van der Waals surface area contributed by atoms with Gasteiger partial charge < -0.3 is 10.1 Å². The Kier molecular flexibility index (Phi) is 1.09. The fourth-order valence-electron chi connectivity index (χ4n) is 2.05. The number of aldehydes is 1. The van der Waals surface area contributed by atoms with E-state index in [9.17, 15) is 4.79 Å². The van der Waals surface area contributed by atoms with Crippen molar-refractivity contribution in [2.45, 2.75) is 31.3 Å². The molecule has 2 nitrogen and oxygen atoms in total. The maximum absolute atomic E-state index is 10.3. The Morgan fingerprint density at radius 2 is 2.33 bits per heavy atom. The second-order valence-corrected chi connectivity index (χ2v) is 3.10. The smallest absolute Gasteiger partial charge is 0.137 e. The van der Waals surface area contributed by atoms with Gasteiger partial charge in [0.05, 0.1) is 6.04 Å². The number of piperidine rings is 1. The van der Waals surface area contributed by atoms with Gasteiger partial charge in [-0.15, -0.1) is 0 Å². The molecule has 2 aliphatic rings. The predicted molar refractivity (Wildman–Crippen MR) is 34.1 cm³/mol. The minimum absolute atomic E-state index is 0.198. The van der Waals surface area contributed by atoms with Crippen molar-refractivity contribution in [3.05, 3.63) is 0 Å². The van der Waals surface area contributed by atoms with Crippen molar-refractivity contribution in [2.75, 3.05) is 0 Å². The van der Waals surface area contributed by atoms with Crippen molar-refractivity contribution in [1.82, 2.24) is 5.32 Å². The van der Waals surface area contributed by atoms with Gasteiger partial charge >= 0.3 is 0 Å². The highest BCUT2D eigenvalue weighted by atomic mass is 16.1. The lowest BCUT2D eigenvalue weighted by Crippen LogP contribution is -2.36. The summed E-state index contributed by atoms with van der Waals surface area (Å²) in [6.07, 6.45) is 4.85. The Hall–Kier alpha value is -0.370. The largest absolute Gasteiger partial charge is 0.305 e. The lowest BCUT2D eigenvalue weighted by Gasteiger charge is -2.16. The first-order valence-electron chi connectivity index (χ1n) is 3.61. The van der Waals surface area contributed by atoms with Crippen LogP contribution in [-0.2, 0) is 4.79 Å². The number of fused-ring (bicyclic) bond motifs is 2. The van der Waals surface area contributed by atoms with Crippen LogP contribution in [0.25, 0.3) is 0 Å². The van der Waals surface area contributed by atoms with Crippen LogP contribution in [-0.4, -0.2) is 18.4 Å². The molecule has 1 saturated heterocycles. The van der Waals surface area contributed by atoms with Crippen LogP contribution in [0.5, 0.6) is 0 Å². The molecular weight excluding hydrogens is 114 g/mol. The van der Waals surface area contributed by atoms with Crippen LogP contribution in [0.2, 0.25) is 0 Å². The third kappa shape index (κ3) is 0.697. The Morgan fingerprint density at radius 1 is 1.44 bits per heavy atom. The third-order valence-electron chi connectivity index (χ3n) is 2.56. The number of rotatable bonds is 1. The highest BCUT2D eigenvalue weighted by Crippen LogP contribution is 2.34.